The molecule has 0 spiro atoms. The Labute approximate surface area is 146 Å². The molecule has 1 atom stereocenters. The minimum Gasteiger partial charge on any atom is -0.436 e. The minimum absolute atomic E-state index is 0.0275. The number of oxazole rings is 1. The molecule has 0 bridgehead atoms. The number of carbonyl (C=O) groups excluding carboxylic acids is 2. The first kappa shape index (κ1) is 16.9. The van der Waals surface area contributed by atoms with Gasteiger partial charge < -0.3 is 9.73 Å². The molecule has 1 N–H and O–H groups in total. The van der Waals surface area contributed by atoms with Gasteiger partial charge in [-0.15, -0.1) is 0 Å². The van der Waals surface area contributed by atoms with Gasteiger partial charge in [0.15, 0.2) is 11.4 Å². The highest BCUT2D eigenvalue weighted by Crippen LogP contribution is 2.25. The van der Waals surface area contributed by atoms with Crippen molar-refractivity contribution in [1.29, 1.82) is 0 Å². The topological polar surface area (TPSA) is 72.2 Å². The Bertz CT molecular complexity index is 926. The number of nitrogens with zero attached hydrogens (tertiary/aromatic N) is 1. The van der Waals surface area contributed by atoms with Crippen LogP contribution in [0.2, 0.25) is 0 Å². The van der Waals surface area contributed by atoms with Crippen molar-refractivity contribution in [2.24, 2.45) is 0 Å². The van der Waals surface area contributed by atoms with E-state index >= 15 is 0 Å². The van der Waals surface area contributed by atoms with Gasteiger partial charge in [0, 0.05) is 18.9 Å². The van der Waals surface area contributed by atoms with Crippen molar-refractivity contribution in [3.05, 3.63) is 53.6 Å². The molecule has 0 unspecified atom stereocenters. The highest BCUT2D eigenvalue weighted by Gasteiger charge is 2.14. The Morgan fingerprint density at radius 1 is 1.16 bits per heavy atom. The minimum atomic E-state index is -0.488. The summed E-state index contributed by atoms with van der Waals surface area (Å²) in [7, 11) is 0. The first-order valence-corrected chi connectivity index (χ1v) is 8.18. The van der Waals surface area contributed by atoms with E-state index in [-0.39, 0.29) is 18.1 Å². The van der Waals surface area contributed by atoms with E-state index in [1.54, 1.807) is 6.92 Å². The fraction of sp³-hybridized carbons (Fsp3) is 0.250. The Hall–Kier alpha value is -2.95. The number of aryl methyl sites for hydroxylation is 1. The summed E-state index contributed by atoms with van der Waals surface area (Å²) in [5, 5.41) is 2.61. The van der Waals surface area contributed by atoms with E-state index in [0.717, 1.165) is 27.8 Å². The number of fused-ring (bicyclic) bond motifs is 1. The molecule has 1 heterocycles. The van der Waals surface area contributed by atoms with Gasteiger partial charge in [0.1, 0.15) is 5.52 Å². The number of hydrogen-bond acceptors (Lipinski definition) is 4. The molecule has 3 rings (SSSR count). The summed E-state index contributed by atoms with van der Waals surface area (Å²) in [6.45, 7) is 5.11. The maximum Gasteiger partial charge on any atom is 0.227 e. The lowest BCUT2D eigenvalue weighted by Gasteiger charge is -2.11. The lowest BCUT2D eigenvalue weighted by atomic mass is 10.0. The highest BCUT2D eigenvalue weighted by molar-refractivity contribution is 5.89. The molecule has 25 heavy (non-hydrogen) atoms. The fourth-order valence-corrected chi connectivity index (χ4v) is 2.66. The number of nitrogens with one attached hydrogen (secondary N) is 1. The summed E-state index contributed by atoms with van der Waals surface area (Å²) in [6, 6.07) is 13.0. The summed E-state index contributed by atoms with van der Waals surface area (Å²) in [5.41, 5.74) is 4.46. The molecule has 0 saturated heterocycles. The smallest absolute Gasteiger partial charge is 0.227 e. The average Bonchev–Trinajstić information content (AvgIpc) is 2.97. The molecule has 5 heteroatoms. The van der Waals surface area contributed by atoms with Crippen LogP contribution in [-0.4, -0.2) is 22.7 Å². The van der Waals surface area contributed by atoms with Crippen LogP contribution in [0, 0.1) is 6.92 Å². The zero-order valence-corrected chi connectivity index (χ0v) is 14.5. The van der Waals surface area contributed by atoms with Gasteiger partial charge in [-0.3, -0.25) is 9.59 Å². The van der Waals surface area contributed by atoms with Gasteiger partial charge in [-0.25, -0.2) is 4.98 Å². The van der Waals surface area contributed by atoms with Crippen molar-refractivity contribution in [2.45, 2.75) is 33.2 Å². The molecule has 1 aromatic heterocycles. The molecule has 128 valence electrons. The number of benzene rings is 2. The van der Waals surface area contributed by atoms with E-state index in [0.29, 0.717) is 5.89 Å². The van der Waals surface area contributed by atoms with Gasteiger partial charge in [-0.05, 0) is 49.2 Å². The molecule has 0 aliphatic carbocycles. The normalized spacial score (nSPS) is 12.1. The summed E-state index contributed by atoms with van der Waals surface area (Å²) < 4.78 is 5.81. The number of Topliss-reactive ketones (excluding diaryl/α,β-unsaturated/α-hetero) is 1. The largest absolute Gasteiger partial charge is 0.436 e. The first-order valence-electron chi connectivity index (χ1n) is 8.18. The SMILES string of the molecule is CC(=O)N[C@@H](C)C(=O)Cc1ccc(-c2nc3ccc(C)cc3o2)cc1. The molecule has 2 aromatic carbocycles. The van der Waals surface area contributed by atoms with Crippen molar-refractivity contribution < 1.29 is 14.0 Å². The third-order valence-corrected chi connectivity index (χ3v) is 4.03. The maximum absolute atomic E-state index is 12.1. The third kappa shape index (κ3) is 3.94. The van der Waals surface area contributed by atoms with Crippen LogP contribution in [0.15, 0.2) is 46.9 Å². The van der Waals surface area contributed by atoms with Crippen LogP contribution in [0.25, 0.3) is 22.6 Å². The third-order valence-electron chi connectivity index (χ3n) is 4.03. The summed E-state index contributed by atoms with van der Waals surface area (Å²) in [6.07, 6.45) is 0.272. The monoisotopic (exact) mass is 336 g/mol. The number of carbonyl (C=O) groups is 2. The molecule has 5 nitrogen and oxygen atoms in total. The quantitative estimate of drug-likeness (QED) is 0.775. The van der Waals surface area contributed by atoms with Crippen molar-refractivity contribution >= 4 is 22.8 Å². The van der Waals surface area contributed by atoms with Gasteiger partial charge >= 0.3 is 0 Å². The number of rotatable bonds is 5. The van der Waals surface area contributed by atoms with Crippen molar-refractivity contribution in [3.63, 3.8) is 0 Å². The molecular formula is C20H20N2O3. The molecule has 0 radical (unpaired) electrons. The van der Waals surface area contributed by atoms with Crippen LogP contribution >= 0.6 is 0 Å². The van der Waals surface area contributed by atoms with E-state index in [9.17, 15) is 9.59 Å². The van der Waals surface area contributed by atoms with E-state index in [1.807, 2.05) is 49.4 Å². The average molecular weight is 336 g/mol. The number of hydrogen-bond donors (Lipinski definition) is 1. The predicted molar refractivity (Wildman–Crippen MR) is 96.2 cm³/mol. The maximum atomic E-state index is 12.1. The second kappa shape index (κ2) is 6.89. The highest BCUT2D eigenvalue weighted by atomic mass is 16.3. The van der Waals surface area contributed by atoms with Crippen molar-refractivity contribution in [3.8, 4) is 11.5 Å². The van der Waals surface area contributed by atoms with Gasteiger partial charge in [-0.1, -0.05) is 18.2 Å². The Balaban J connectivity index is 1.75. The van der Waals surface area contributed by atoms with E-state index < -0.39 is 6.04 Å². The molecular weight excluding hydrogens is 316 g/mol. The predicted octanol–water partition coefficient (Wildman–Crippen LogP) is 3.44. The number of ketones is 1. The lowest BCUT2D eigenvalue weighted by molar-refractivity contribution is -0.126. The van der Waals surface area contributed by atoms with E-state index in [2.05, 4.69) is 10.3 Å². The number of aromatic nitrogens is 1. The zero-order chi connectivity index (χ0) is 18.0. The van der Waals surface area contributed by atoms with Crippen molar-refractivity contribution in [2.75, 3.05) is 0 Å². The second-order valence-corrected chi connectivity index (χ2v) is 6.25. The van der Waals surface area contributed by atoms with Gasteiger partial charge in [0.05, 0.1) is 6.04 Å². The molecule has 3 aromatic rings. The zero-order valence-electron chi connectivity index (χ0n) is 14.5. The summed E-state index contributed by atoms with van der Waals surface area (Å²) >= 11 is 0. The van der Waals surface area contributed by atoms with E-state index in [1.165, 1.54) is 6.92 Å². The lowest BCUT2D eigenvalue weighted by Crippen LogP contribution is -2.37. The Kier molecular flexibility index (Phi) is 4.65. The molecule has 1 amide bonds. The van der Waals surface area contributed by atoms with Crippen LogP contribution in [0.1, 0.15) is 25.0 Å². The van der Waals surface area contributed by atoms with Crippen LogP contribution < -0.4 is 5.32 Å². The Morgan fingerprint density at radius 2 is 1.88 bits per heavy atom. The Morgan fingerprint density at radius 3 is 2.56 bits per heavy atom. The van der Waals surface area contributed by atoms with Gasteiger partial charge in [0.25, 0.3) is 0 Å². The molecule has 0 fully saturated rings. The first-order chi connectivity index (χ1) is 11.9. The fourth-order valence-electron chi connectivity index (χ4n) is 2.66. The van der Waals surface area contributed by atoms with Gasteiger partial charge in [-0.2, -0.15) is 0 Å². The second-order valence-electron chi connectivity index (χ2n) is 6.25. The number of amides is 1. The standard InChI is InChI=1S/C20H20N2O3/c1-12-4-9-17-19(10-12)25-20(22-17)16-7-5-15(6-8-16)11-18(24)13(2)21-14(3)23/h4-10,13H,11H2,1-3H3,(H,21,23)/t13-/m0/s1. The van der Waals surface area contributed by atoms with Crippen LogP contribution in [0.3, 0.4) is 0 Å². The molecule has 0 aliphatic heterocycles. The van der Waals surface area contributed by atoms with Crippen LogP contribution in [-0.2, 0) is 16.0 Å². The van der Waals surface area contributed by atoms with Crippen molar-refractivity contribution in [1.82, 2.24) is 10.3 Å². The molecule has 0 saturated carbocycles. The van der Waals surface area contributed by atoms with Crippen LogP contribution in [0.5, 0.6) is 0 Å². The van der Waals surface area contributed by atoms with Crippen LogP contribution in [0.4, 0.5) is 0 Å². The summed E-state index contributed by atoms with van der Waals surface area (Å²) in [4.78, 5) is 27.6. The molecule has 0 aliphatic rings. The van der Waals surface area contributed by atoms with E-state index in [4.69, 9.17) is 4.42 Å². The van der Waals surface area contributed by atoms with Gasteiger partial charge in [0.2, 0.25) is 11.8 Å². The summed E-state index contributed by atoms with van der Waals surface area (Å²) in [5.74, 6) is 0.327.